The highest BCUT2D eigenvalue weighted by Gasteiger charge is 2.12. The number of phenols is 1. The molecule has 5 heteroatoms. The SMILES string of the molecule is COc1cc(OC)cc(-c2cc(C=O)c(O)c(C=O)c2)c1. The number of rotatable bonds is 5. The van der Waals surface area contributed by atoms with Gasteiger partial charge < -0.3 is 14.6 Å². The smallest absolute Gasteiger partial charge is 0.153 e. The van der Waals surface area contributed by atoms with E-state index in [2.05, 4.69) is 0 Å². The van der Waals surface area contributed by atoms with Gasteiger partial charge in [0.2, 0.25) is 0 Å². The van der Waals surface area contributed by atoms with Crippen LogP contribution in [-0.2, 0) is 0 Å². The van der Waals surface area contributed by atoms with Gasteiger partial charge in [-0.2, -0.15) is 0 Å². The molecule has 108 valence electrons. The minimum atomic E-state index is -0.321. The van der Waals surface area contributed by atoms with Crippen LogP contribution in [0.15, 0.2) is 30.3 Å². The monoisotopic (exact) mass is 286 g/mol. The molecule has 0 aromatic heterocycles. The minimum absolute atomic E-state index is 0.0522. The molecule has 0 saturated carbocycles. The number of carbonyl (C=O) groups is 2. The fourth-order valence-electron chi connectivity index (χ4n) is 2.00. The summed E-state index contributed by atoms with van der Waals surface area (Å²) in [4.78, 5) is 22.0. The molecule has 0 saturated heterocycles. The summed E-state index contributed by atoms with van der Waals surface area (Å²) in [6.45, 7) is 0. The summed E-state index contributed by atoms with van der Waals surface area (Å²) in [5.74, 6) is 0.842. The largest absolute Gasteiger partial charge is 0.506 e. The Morgan fingerprint density at radius 2 is 1.24 bits per heavy atom. The average molecular weight is 286 g/mol. The molecule has 2 aromatic rings. The summed E-state index contributed by atoms with van der Waals surface area (Å²) in [7, 11) is 3.06. The van der Waals surface area contributed by atoms with Crippen molar-refractivity contribution in [2.75, 3.05) is 14.2 Å². The fraction of sp³-hybridized carbons (Fsp3) is 0.125. The third kappa shape index (κ3) is 2.86. The van der Waals surface area contributed by atoms with Gasteiger partial charge in [-0.1, -0.05) is 0 Å². The summed E-state index contributed by atoms with van der Waals surface area (Å²) in [5, 5.41) is 9.75. The molecule has 0 bridgehead atoms. The van der Waals surface area contributed by atoms with Gasteiger partial charge in [0.25, 0.3) is 0 Å². The van der Waals surface area contributed by atoms with E-state index in [0.717, 1.165) is 0 Å². The first-order valence-corrected chi connectivity index (χ1v) is 6.13. The van der Waals surface area contributed by atoms with Gasteiger partial charge in [-0.05, 0) is 35.4 Å². The number of hydrogen-bond donors (Lipinski definition) is 1. The molecule has 0 radical (unpaired) electrons. The van der Waals surface area contributed by atoms with E-state index in [1.54, 1.807) is 18.2 Å². The van der Waals surface area contributed by atoms with Crippen LogP contribution in [0.4, 0.5) is 0 Å². The normalized spacial score (nSPS) is 10.0. The molecule has 0 heterocycles. The molecule has 2 aromatic carbocycles. The molecule has 21 heavy (non-hydrogen) atoms. The Hall–Kier alpha value is -2.82. The van der Waals surface area contributed by atoms with Crippen molar-refractivity contribution in [3.8, 4) is 28.4 Å². The third-order valence-electron chi connectivity index (χ3n) is 3.11. The minimum Gasteiger partial charge on any atom is -0.506 e. The van der Waals surface area contributed by atoms with Crippen LogP contribution in [0.5, 0.6) is 17.2 Å². The van der Waals surface area contributed by atoms with Crippen LogP contribution < -0.4 is 9.47 Å². The molecule has 0 atom stereocenters. The van der Waals surface area contributed by atoms with Crippen LogP contribution in [0.2, 0.25) is 0 Å². The zero-order chi connectivity index (χ0) is 15.4. The Bertz CT molecular complexity index is 640. The van der Waals surface area contributed by atoms with Gasteiger partial charge >= 0.3 is 0 Å². The quantitative estimate of drug-likeness (QED) is 0.855. The fourth-order valence-corrected chi connectivity index (χ4v) is 2.00. The van der Waals surface area contributed by atoms with Crippen LogP contribution in [0, 0.1) is 0 Å². The number of benzene rings is 2. The van der Waals surface area contributed by atoms with Gasteiger partial charge in [-0.15, -0.1) is 0 Å². The summed E-state index contributed by atoms with van der Waals surface area (Å²) < 4.78 is 10.4. The topological polar surface area (TPSA) is 72.8 Å². The standard InChI is InChI=1S/C16H14O5/c1-20-14-5-11(6-15(7-14)21-2)10-3-12(8-17)16(19)13(4-10)9-18/h3-9,19H,1-2H3. The van der Waals surface area contributed by atoms with Crippen LogP contribution in [0.25, 0.3) is 11.1 Å². The Morgan fingerprint density at radius 1 is 0.810 bits per heavy atom. The van der Waals surface area contributed by atoms with Gasteiger partial charge in [0, 0.05) is 6.07 Å². The molecular formula is C16H14O5. The van der Waals surface area contributed by atoms with Crippen LogP contribution in [0.3, 0.4) is 0 Å². The number of aromatic hydroxyl groups is 1. The van der Waals surface area contributed by atoms with E-state index in [9.17, 15) is 14.7 Å². The van der Waals surface area contributed by atoms with Crippen molar-refractivity contribution in [1.82, 2.24) is 0 Å². The second kappa shape index (κ2) is 6.09. The van der Waals surface area contributed by atoms with E-state index in [0.29, 0.717) is 35.2 Å². The Morgan fingerprint density at radius 3 is 1.62 bits per heavy atom. The van der Waals surface area contributed by atoms with Crippen molar-refractivity contribution in [3.05, 3.63) is 41.5 Å². The zero-order valence-electron chi connectivity index (χ0n) is 11.6. The number of hydrogen-bond acceptors (Lipinski definition) is 5. The van der Waals surface area contributed by atoms with E-state index >= 15 is 0 Å². The van der Waals surface area contributed by atoms with E-state index in [1.165, 1.54) is 26.4 Å². The first kappa shape index (κ1) is 14.6. The van der Waals surface area contributed by atoms with E-state index in [-0.39, 0.29) is 16.9 Å². The second-order valence-electron chi connectivity index (χ2n) is 4.34. The Balaban J connectivity index is 2.65. The molecule has 0 aliphatic heterocycles. The Kier molecular flexibility index (Phi) is 4.23. The molecule has 5 nitrogen and oxygen atoms in total. The van der Waals surface area contributed by atoms with Gasteiger partial charge in [-0.3, -0.25) is 9.59 Å². The molecule has 0 fully saturated rings. The molecule has 0 aliphatic rings. The lowest BCUT2D eigenvalue weighted by Gasteiger charge is -2.10. The van der Waals surface area contributed by atoms with Gasteiger partial charge in [0.05, 0.1) is 25.3 Å². The molecule has 1 N–H and O–H groups in total. The zero-order valence-corrected chi connectivity index (χ0v) is 11.6. The molecule has 0 spiro atoms. The van der Waals surface area contributed by atoms with Crippen molar-refractivity contribution in [2.24, 2.45) is 0 Å². The van der Waals surface area contributed by atoms with Crippen molar-refractivity contribution in [2.45, 2.75) is 0 Å². The maximum atomic E-state index is 11.0. The van der Waals surface area contributed by atoms with Crippen molar-refractivity contribution >= 4 is 12.6 Å². The molecule has 0 aliphatic carbocycles. The number of methoxy groups -OCH3 is 2. The van der Waals surface area contributed by atoms with Crippen molar-refractivity contribution in [1.29, 1.82) is 0 Å². The highest BCUT2D eigenvalue weighted by molar-refractivity contribution is 5.91. The predicted octanol–water partition coefficient (Wildman–Crippen LogP) is 2.70. The molecule has 0 unspecified atom stereocenters. The second-order valence-corrected chi connectivity index (χ2v) is 4.34. The molecule has 0 amide bonds. The summed E-state index contributed by atoms with van der Waals surface area (Å²) in [5.41, 5.74) is 1.42. The average Bonchev–Trinajstić information content (AvgIpc) is 2.54. The van der Waals surface area contributed by atoms with E-state index in [4.69, 9.17) is 9.47 Å². The van der Waals surface area contributed by atoms with Gasteiger partial charge in [0.15, 0.2) is 12.6 Å². The lowest BCUT2D eigenvalue weighted by atomic mass is 9.99. The van der Waals surface area contributed by atoms with Crippen LogP contribution in [0.1, 0.15) is 20.7 Å². The molecule has 2 rings (SSSR count). The van der Waals surface area contributed by atoms with Crippen LogP contribution in [-0.4, -0.2) is 31.9 Å². The maximum absolute atomic E-state index is 11.0. The molecular weight excluding hydrogens is 272 g/mol. The third-order valence-corrected chi connectivity index (χ3v) is 3.11. The van der Waals surface area contributed by atoms with Gasteiger partial charge in [-0.25, -0.2) is 0 Å². The number of carbonyl (C=O) groups excluding carboxylic acids is 2. The Labute approximate surface area is 121 Å². The lowest BCUT2D eigenvalue weighted by Crippen LogP contribution is -1.93. The number of phenolic OH excluding ortho intramolecular Hbond substituents is 1. The lowest BCUT2D eigenvalue weighted by molar-refractivity contribution is 0.112. The van der Waals surface area contributed by atoms with E-state index in [1.807, 2.05) is 0 Å². The first-order valence-electron chi connectivity index (χ1n) is 6.13. The number of aldehydes is 2. The summed E-state index contributed by atoms with van der Waals surface area (Å²) in [6, 6.07) is 8.22. The first-order chi connectivity index (χ1) is 10.1. The predicted molar refractivity (Wildman–Crippen MR) is 77.4 cm³/mol. The maximum Gasteiger partial charge on any atom is 0.153 e. The highest BCUT2D eigenvalue weighted by atomic mass is 16.5. The number of ether oxygens (including phenoxy) is 2. The van der Waals surface area contributed by atoms with Gasteiger partial charge in [0.1, 0.15) is 17.2 Å². The van der Waals surface area contributed by atoms with E-state index < -0.39 is 0 Å². The highest BCUT2D eigenvalue weighted by Crippen LogP contribution is 2.33. The summed E-state index contributed by atoms with van der Waals surface area (Å²) in [6.07, 6.45) is 1.01. The summed E-state index contributed by atoms with van der Waals surface area (Å²) >= 11 is 0. The van der Waals surface area contributed by atoms with Crippen LogP contribution >= 0.6 is 0 Å². The van der Waals surface area contributed by atoms with Crippen molar-refractivity contribution in [3.63, 3.8) is 0 Å². The van der Waals surface area contributed by atoms with Crippen molar-refractivity contribution < 1.29 is 24.2 Å².